The first-order chi connectivity index (χ1) is 15.3. The van der Waals surface area contributed by atoms with Gasteiger partial charge in [-0.25, -0.2) is 9.78 Å². The molecule has 2 N–H and O–H groups in total. The predicted octanol–water partition coefficient (Wildman–Crippen LogP) is 5.60. The van der Waals surface area contributed by atoms with Gasteiger partial charge in [0.15, 0.2) is 11.1 Å². The monoisotopic (exact) mass is 446 g/mol. The van der Waals surface area contributed by atoms with Crippen LogP contribution in [0.4, 0.5) is 5.69 Å². The summed E-state index contributed by atoms with van der Waals surface area (Å²) in [6.07, 6.45) is 0. The number of aryl methyl sites for hydroxylation is 1. The van der Waals surface area contributed by atoms with Gasteiger partial charge in [0.1, 0.15) is 16.5 Å². The zero-order valence-corrected chi connectivity index (χ0v) is 18.4. The number of rotatable bonds is 5. The molecule has 2 heterocycles. The summed E-state index contributed by atoms with van der Waals surface area (Å²) < 4.78 is 6.27. The summed E-state index contributed by atoms with van der Waals surface area (Å²) in [5, 5.41) is 13.2. The fraction of sp³-hybridized carbons (Fsp3) is 0.160. The number of anilines is 1. The number of aromatic nitrogens is 1. The van der Waals surface area contributed by atoms with E-state index in [1.54, 1.807) is 31.2 Å². The Kier molecular flexibility index (Phi) is 5.60. The summed E-state index contributed by atoms with van der Waals surface area (Å²) in [5.41, 5.74) is 3.28. The van der Waals surface area contributed by atoms with Crippen LogP contribution in [0.2, 0.25) is 5.15 Å². The molecule has 32 heavy (non-hydrogen) atoms. The third-order valence-corrected chi connectivity index (χ3v) is 5.42. The van der Waals surface area contributed by atoms with Crippen molar-refractivity contribution in [1.82, 2.24) is 4.98 Å². The second-order valence-electron chi connectivity index (χ2n) is 7.54. The van der Waals surface area contributed by atoms with Crippen LogP contribution in [0.25, 0.3) is 22.3 Å². The van der Waals surface area contributed by atoms with Gasteiger partial charge in [0, 0.05) is 16.7 Å². The van der Waals surface area contributed by atoms with Crippen LogP contribution in [0, 0.1) is 26.0 Å². The third-order valence-electron chi connectivity index (χ3n) is 5.21. The Labute approximate surface area is 189 Å². The van der Waals surface area contributed by atoms with E-state index in [2.05, 4.69) is 22.4 Å². The second kappa shape index (κ2) is 8.37. The molecule has 0 saturated carbocycles. The van der Waals surface area contributed by atoms with Crippen molar-refractivity contribution < 1.29 is 14.3 Å². The van der Waals surface area contributed by atoms with Crippen molar-refractivity contribution in [3.8, 4) is 11.3 Å². The van der Waals surface area contributed by atoms with Gasteiger partial charge in [0.2, 0.25) is 0 Å². The number of nitrogens with one attached hydrogen (secondary N) is 1. The van der Waals surface area contributed by atoms with Gasteiger partial charge in [-0.15, -0.1) is 0 Å². The molecule has 0 radical (unpaired) electrons. The van der Waals surface area contributed by atoms with Gasteiger partial charge in [0.05, 0.1) is 17.1 Å². The number of fused-ring (bicyclic) bond motifs is 1. The molecule has 0 aliphatic carbocycles. The van der Waals surface area contributed by atoms with Crippen molar-refractivity contribution in [1.29, 1.82) is 0 Å². The minimum atomic E-state index is -1.20. The lowest BCUT2D eigenvalue weighted by Crippen LogP contribution is -2.14. The van der Waals surface area contributed by atoms with Crippen molar-refractivity contribution in [3.63, 3.8) is 0 Å². The standard InChI is InChI=1S/C25H19ClN2O4/c1-13-11-17(15(3)27-19-9-10-20(26)28-21(19)25(30)31)24-18(12-13)22(29)14(2)23(32-24)16-7-5-4-6-8-16/h5,7-12,15,27H,1-3H3,(H,30,31). The molecule has 0 fully saturated rings. The normalized spacial score (nSPS) is 11.8. The van der Waals surface area contributed by atoms with Crippen LogP contribution in [-0.4, -0.2) is 16.1 Å². The number of hydrogen-bond acceptors (Lipinski definition) is 5. The van der Waals surface area contributed by atoms with Crippen LogP contribution >= 0.6 is 11.6 Å². The molecule has 7 heteroatoms. The van der Waals surface area contributed by atoms with Crippen molar-refractivity contribution in [2.75, 3.05) is 5.32 Å². The average Bonchev–Trinajstić information content (AvgIpc) is 2.77. The first-order valence-corrected chi connectivity index (χ1v) is 10.3. The third kappa shape index (κ3) is 3.91. The van der Waals surface area contributed by atoms with Crippen LogP contribution in [-0.2, 0) is 0 Å². The largest absolute Gasteiger partial charge is 0.476 e. The van der Waals surface area contributed by atoms with Gasteiger partial charge in [-0.05, 0) is 62.7 Å². The van der Waals surface area contributed by atoms with Crippen LogP contribution in [0.1, 0.15) is 40.1 Å². The summed E-state index contributed by atoms with van der Waals surface area (Å²) in [7, 11) is 0. The molecule has 0 amide bonds. The van der Waals surface area contributed by atoms with E-state index in [9.17, 15) is 14.7 Å². The number of carboxylic acid groups (broad SMARTS) is 1. The molecule has 1 unspecified atom stereocenters. The first kappa shape index (κ1) is 21.4. The number of aromatic carboxylic acids is 1. The van der Waals surface area contributed by atoms with Crippen LogP contribution in [0.5, 0.6) is 0 Å². The lowest BCUT2D eigenvalue weighted by molar-refractivity contribution is 0.0691. The number of benzene rings is 1. The van der Waals surface area contributed by atoms with E-state index in [1.165, 1.54) is 6.07 Å². The highest BCUT2D eigenvalue weighted by molar-refractivity contribution is 6.29. The highest BCUT2D eigenvalue weighted by Gasteiger charge is 2.21. The molecule has 160 valence electrons. The topological polar surface area (TPSA) is 92.4 Å². The van der Waals surface area contributed by atoms with E-state index in [-0.39, 0.29) is 16.3 Å². The van der Waals surface area contributed by atoms with Gasteiger partial charge in [-0.3, -0.25) is 4.79 Å². The fourth-order valence-corrected chi connectivity index (χ4v) is 3.83. The van der Waals surface area contributed by atoms with Crippen molar-refractivity contribution in [2.24, 2.45) is 0 Å². The van der Waals surface area contributed by atoms with Gasteiger partial charge in [-0.2, -0.15) is 0 Å². The quantitative estimate of drug-likeness (QED) is 0.388. The molecular formula is C25H19ClN2O4. The zero-order valence-electron chi connectivity index (χ0n) is 17.6. The molecule has 2 aromatic carbocycles. The zero-order chi connectivity index (χ0) is 23.0. The Bertz CT molecular complexity index is 1400. The highest BCUT2D eigenvalue weighted by atomic mass is 35.5. The van der Waals surface area contributed by atoms with Crippen LogP contribution in [0.15, 0.2) is 51.7 Å². The Hall–Kier alpha value is -3.82. The maximum absolute atomic E-state index is 13.2. The predicted molar refractivity (Wildman–Crippen MR) is 123 cm³/mol. The Balaban J connectivity index is 1.88. The van der Waals surface area contributed by atoms with Crippen molar-refractivity contribution in [2.45, 2.75) is 26.8 Å². The summed E-state index contributed by atoms with van der Waals surface area (Å²) in [4.78, 5) is 28.7. The molecule has 0 aliphatic heterocycles. The van der Waals surface area contributed by atoms with Crippen molar-refractivity contribution in [3.05, 3.63) is 92.4 Å². The summed E-state index contributed by atoms with van der Waals surface area (Å²) in [5.74, 6) is -0.734. The van der Waals surface area contributed by atoms with Crippen molar-refractivity contribution >= 4 is 34.2 Å². The molecule has 4 aromatic rings. The maximum Gasteiger partial charge on any atom is 0.356 e. The summed E-state index contributed by atoms with van der Waals surface area (Å²) in [6, 6.07) is 17.3. The molecule has 0 saturated heterocycles. The minimum Gasteiger partial charge on any atom is -0.476 e. The molecule has 0 bridgehead atoms. The van der Waals surface area contributed by atoms with Crippen LogP contribution in [0.3, 0.4) is 0 Å². The molecule has 0 aliphatic rings. The number of carbonyl (C=O) groups is 1. The Morgan fingerprint density at radius 3 is 2.69 bits per heavy atom. The van der Waals surface area contributed by atoms with Gasteiger partial charge in [0.25, 0.3) is 0 Å². The SMILES string of the molecule is Cc1cc(C(C)Nc2ccc(Cl)nc2C(=O)O)c2oc(-c3cc#ccc3)c(C)c(=O)c2c1. The van der Waals surface area contributed by atoms with E-state index in [4.69, 9.17) is 16.0 Å². The molecule has 6 nitrogen and oxygen atoms in total. The van der Waals surface area contributed by atoms with Gasteiger partial charge >= 0.3 is 5.97 Å². The number of hydrogen-bond donors (Lipinski definition) is 2. The van der Waals surface area contributed by atoms with E-state index >= 15 is 0 Å². The molecule has 2 aromatic heterocycles. The molecule has 4 rings (SSSR count). The first-order valence-electron chi connectivity index (χ1n) is 9.88. The van der Waals surface area contributed by atoms with Crippen LogP contribution < -0.4 is 10.7 Å². The molecular weight excluding hydrogens is 428 g/mol. The number of pyridine rings is 1. The van der Waals surface area contributed by atoms with E-state index in [0.29, 0.717) is 28.0 Å². The van der Waals surface area contributed by atoms with Gasteiger partial charge in [-0.1, -0.05) is 29.8 Å². The lowest BCUT2D eigenvalue weighted by Gasteiger charge is -2.19. The number of nitrogens with zero attached hydrogens (tertiary/aromatic N) is 1. The number of carboxylic acids is 1. The van der Waals surface area contributed by atoms with E-state index in [1.807, 2.05) is 26.0 Å². The lowest BCUT2D eigenvalue weighted by atomic mass is 9.99. The smallest absolute Gasteiger partial charge is 0.356 e. The van der Waals surface area contributed by atoms with Gasteiger partial charge < -0.3 is 14.8 Å². The molecule has 1 atom stereocenters. The Morgan fingerprint density at radius 1 is 1.22 bits per heavy atom. The minimum absolute atomic E-state index is 0.0876. The highest BCUT2D eigenvalue weighted by Crippen LogP contribution is 2.32. The average molecular weight is 447 g/mol. The second-order valence-corrected chi connectivity index (χ2v) is 7.93. The number of halogens is 1. The summed E-state index contributed by atoms with van der Waals surface area (Å²) in [6.45, 7) is 5.49. The molecule has 0 spiro atoms. The van der Waals surface area contributed by atoms with E-state index < -0.39 is 12.0 Å². The van der Waals surface area contributed by atoms with E-state index in [0.717, 1.165) is 16.7 Å². The Morgan fingerprint density at radius 2 is 2.00 bits per heavy atom. The summed E-state index contributed by atoms with van der Waals surface area (Å²) >= 11 is 5.86. The maximum atomic E-state index is 13.2. The fourth-order valence-electron chi connectivity index (χ4n) is 3.68.